The Bertz CT molecular complexity index is 305. The van der Waals surface area contributed by atoms with Gasteiger partial charge in [0.1, 0.15) is 0 Å². The van der Waals surface area contributed by atoms with Crippen molar-refractivity contribution in [2.75, 3.05) is 0 Å². The van der Waals surface area contributed by atoms with Crippen LogP contribution in [0.3, 0.4) is 0 Å². The first-order valence-corrected chi connectivity index (χ1v) is 4.69. The molecule has 0 aliphatic rings. The third kappa shape index (κ3) is 4.08. The van der Waals surface area contributed by atoms with Crippen molar-refractivity contribution in [3.8, 4) is 5.75 Å². The van der Waals surface area contributed by atoms with Crippen LogP contribution in [0.25, 0.3) is 0 Å². The van der Waals surface area contributed by atoms with Crippen LogP contribution in [0.2, 0.25) is 0 Å². The van der Waals surface area contributed by atoms with Gasteiger partial charge in [0, 0.05) is 0 Å². The summed E-state index contributed by atoms with van der Waals surface area (Å²) in [7, 11) is 0. The molecule has 0 amide bonds. The third-order valence-electron chi connectivity index (χ3n) is 1.37. The Hall–Kier alpha value is -1.31. The fraction of sp³-hybridized carbons (Fsp3) is 0.333. The highest BCUT2D eigenvalue weighted by Crippen LogP contribution is 2.19. The van der Waals surface area contributed by atoms with Gasteiger partial charge in [0.25, 0.3) is 0 Å². The minimum Gasteiger partial charge on any atom is -0.460 e. The number of hydrogen-bond acceptors (Lipinski definition) is 1. The van der Waals surface area contributed by atoms with Crippen LogP contribution in [0.5, 0.6) is 5.75 Å². The van der Waals surface area contributed by atoms with E-state index in [2.05, 4.69) is 6.58 Å². The second kappa shape index (κ2) is 6.19. The smallest absolute Gasteiger partial charge is 0.165 e. The molecule has 1 rings (SSSR count). The molecular formula is C12H17FO. The minimum absolute atomic E-state index is 0.238. The molecule has 0 heterocycles. The lowest BCUT2D eigenvalue weighted by Gasteiger charge is -2.05. The zero-order valence-electron chi connectivity index (χ0n) is 9.23. The average molecular weight is 196 g/mol. The molecule has 0 unspecified atom stereocenters. The minimum atomic E-state index is -0.358. The van der Waals surface area contributed by atoms with E-state index in [1.807, 2.05) is 20.8 Å². The highest BCUT2D eigenvalue weighted by molar-refractivity contribution is 5.30. The summed E-state index contributed by atoms with van der Waals surface area (Å²) in [6.45, 7) is 11.1. The van der Waals surface area contributed by atoms with Crippen LogP contribution in [-0.2, 0) is 0 Å². The van der Waals surface area contributed by atoms with Crippen LogP contribution in [0.4, 0.5) is 4.39 Å². The van der Waals surface area contributed by atoms with E-state index in [-0.39, 0.29) is 11.6 Å². The number of hydrogen-bond donors (Lipinski definition) is 0. The fourth-order valence-corrected chi connectivity index (χ4v) is 0.877. The van der Waals surface area contributed by atoms with Gasteiger partial charge in [-0.05, 0) is 31.5 Å². The quantitative estimate of drug-likeness (QED) is 0.648. The summed E-state index contributed by atoms with van der Waals surface area (Å²) in [6, 6.07) is 4.72. The van der Waals surface area contributed by atoms with Crippen molar-refractivity contribution in [2.24, 2.45) is 0 Å². The lowest BCUT2D eigenvalue weighted by Crippen LogP contribution is -1.92. The van der Waals surface area contributed by atoms with E-state index in [9.17, 15) is 4.39 Å². The summed E-state index contributed by atoms with van der Waals surface area (Å²) in [5.74, 6) is 0.366. The molecule has 14 heavy (non-hydrogen) atoms. The topological polar surface area (TPSA) is 9.23 Å². The van der Waals surface area contributed by atoms with Gasteiger partial charge in [-0.3, -0.25) is 0 Å². The van der Waals surface area contributed by atoms with E-state index in [1.165, 1.54) is 6.07 Å². The van der Waals surface area contributed by atoms with Crippen molar-refractivity contribution in [1.29, 1.82) is 0 Å². The summed E-state index contributed by atoms with van der Waals surface area (Å²) in [5, 5.41) is 0. The van der Waals surface area contributed by atoms with Gasteiger partial charge in [0.2, 0.25) is 0 Å². The Balaban J connectivity index is 0.000000791. The van der Waals surface area contributed by atoms with E-state index in [0.717, 1.165) is 5.56 Å². The molecule has 0 bridgehead atoms. The number of allylic oxidation sites excluding steroid dienone is 1. The van der Waals surface area contributed by atoms with Crippen molar-refractivity contribution in [2.45, 2.75) is 27.7 Å². The van der Waals surface area contributed by atoms with Gasteiger partial charge < -0.3 is 4.74 Å². The van der Waals surface area contributed by atoms with Crippen molar-refractivity contribution in [3.63, 3.8) is 0 Å². The largest absolute Gasteiger partial charge is 0.460 e. The van der Waals surface area contributed by atoms with Crippen LogP contribution in [0.15, 0.2) is 30.5 Å². The predicted octanol–water partition coefficient (Wildman–Crippen LogP) is 4.07. The molecule has 2 heteroatoms. The molecule has 1 aromatic rings. The molecule has 0 saturated heterocycles. The normalized spacial score (nSPS) is 8.64. The van der Waals surface area contributed by atoms with Crippen molar-refractivity contribution >= 4 is 0 Å². The first kappa shape index (κ1) is 12.7. The number of ether oxygens (including phenoxy) is 1. The molecule has 0 radical (unpaired) electrons. The number of benzene rings is 1. The first-order valence-electron chi connectivity index (χ1n) is 4.69. The van der Waals surface area contributed by atoms with Crippen LogP contribution in [-0.4, -0.2) is 0 Å². The molecule has 0 fully saturated rings. The molecule has 1 nitrogen and oxygen atoms in total. The Labute approximate surface area is 85.2 Å². The highest BCUT2D eigenvalue weighted by Gasteiger charge is 2.02. The Morgan fingerprint density at radius 2 is 1.93 bits per heavy atom. The van der Waals surface area contributed by atoms with Gasteiger partial charge in [0.15, 0.2) is 11.6 Å². The Kier molecular flexibility index (Phi) is 5.61. The van der Waals surface area contributed by atoms with Crippen LogP contribution in [0, 0.1) is 12.7 Å². The first-order chi connectivity index (χ1) is 6.59. The standard InChI is InChI=1S/C10H11FO.C2H6/c1-7(2)12-10-6-8(3)4-5-9(10)11;1-2/h4-6H,1H2,2-3H3;1-2H3. The van der Waals surface area contributed by atoms with Crippen LogP contribution >= 0.6 is 0 Å². The molecule has 0 aromatic heterocycles. The molecule has 0 aliphatic heterocycles. The molecular weight excluding hydrogens is 179 g/mol. The SMILES string of the molecule is C=C(C)Oc1cc(C)ccc1F.CC. The third-order valence-corrected chi connectivity index (χ3v) is 1.37. The van der Waals surface area contributed by atoms with Gasteiger partial charge in [-0.2, -0.15) is 0 Å². The number of rotatable bonds is 2. The molecule has 1 aromatic carbocycles. The lowest BCUT2D eigenvalue weighted by molar-refractivity contribution is 0.400. The number of aryl methyl sites for hydroxylation is 1. The summed E-state index contributed by atoms with van der Waals surface area (Å²) >= 11 is 0. The van der Waals surface area contributed by atoms with Crippen molar-refractivity contribution < 1.29 is 9.13 Å². The van der Waals surface area contributed by atoms with Gasteiger partial charge in [-0.25, -0.2) is 4.39 Å². The zero-order chi connectivity index (χ0) is 11.1. The monoisotopic (exact) mass is 196 g/mol. The van der Waals surface area contributed by atoms with Crippen molar-refractivity contribution in [1.82, 2.24) is 0 Å². The van der Waals surface area contributed by atoms with E-state index in [0.29, 0.717) is 5.76 Å². The highest BCUT2D eigenvalue weighted by atomic mass is 19.1. The molecule has 78 valence electrons. The van der Waals surface area contributed by atoms with E-state index in [4.69, 9.17) is 4.74 Å². The van der Waals surface area contributed by atoms with Gasteiger partial charge in [0.05, 0.1) is 5.76 Å². The second-order valence-corrected chi connectivity index (χ2v) is 2.74. The zero-order valence-corrected chi connectivity index (χ0v) is 9.23. The summed E-state index contributed by atoms with van der Waals surface area (Å²) in [5.41, 5.74) is 0.965. The van der Waals surface area contributed by atoms with Crippen LogP contribution < -0.4 is 4.74 Å². The lowest BCUT2D eigenvalue weighted by atomic mass is 10.2. The summed E-state index contributed by atoms with van der Waals surface area (Å²) in [6.07, 6.45) is 0. The average Bonchev–Trinajstić information content (AvgIpc) is 2.14. The molecule has 0 saturated carbocycles. The maximum Gasteiger partial charge on any atom is 0.165 e. The van der Waals surface area contributed by atoms with Gasteiger partial charge >= 0.3 is 0 Å². The van der Waals surface area contributed by atoms with Gasteiger partial charge in [-0.15, -0.1) is 0 Å². The molecule has 0 spiro atoms. The summed E-state index contributed by atoms with van der Waals surface area (Å²) in [4.78, 5) is 0. The fourth-order valence-electron chi connectivity index (χ4n) is 0.877. The number of halogens is 1. The Morgan fingerprint density at radius 1 is 1.36 bits per heavy atom. The van der Waals surface area contributed by atoms with E-state index in [1.54, 1.807) is 19.1 Å². The van der Waals surface area contributed by atoms with Crippen LogP contribution in [0.1, 0.15) is 26.3 Å². The summed E-state index contributed by atoms with van der Waals surface area (Å²) < 4.78 is 18.0. The maximum atomic E-state index is 13.0. The maximum absolute atomic E-state index is 13.0. The van der Waals surface area contributed by atoms with Crippen molar-refractivity contribution in [3.05, 3.63) is 41.9 Å². The predicted molar refractivity (Wildman–Crippen MR) is 57.9 cm³/mol. The van der Waals surface area contributed by atoms with E-state index >= 15 is 0 Å². The molecule has 0 aliphatic carbocycles. The Morgan fingerprint density at radius 3 is 2.43 bits per heavy atom. The van der Waals surface area contributed by atoms with Gasteiger partial charge in [-0.1, -0.05) is 26.5 Å². The second-order valence-electron chi connectivity index (χ2n) is 2.74. The molecule has 0 atom stereocenters. The van der Waals surface area contributed by atoms with E-state index < -0.39 is 0 Å². The molecule has 0 N–H and O–H groups in total.